The second-order valence-electron chi connectivity index (χ2n) is 4.31. The van der Waals surface area contributed by atoms with Crippen LogP contribution in [0, 0.1) is 6.92 Å². The lowest BCUT2D eigenvalue weighted by Gasteiger charge is -2.07. The number of hydrogen-bond donors (Lipinski definition) is 1. The van der Waals surface area contributed by atoms with Gasteiger partial charge in [-0.25, -0.2) is 0 Å². The van der Waals surface area contributed by atoms with Gasteiger partial charge in [0, 0.05) is 18.0 Å². The molecule has 0 radical (unpaired) electrons. The third-order valence-corrected chi connectivity index (χ3v) is 2.93. The van der Waals surface area contributed by atoms with Crippen molar-refractivity contribution in [3.05, 3.63) is 63.6 Å². The second kappa shape index (κ2) is 6.20. The number of rotatable bonds is 5. The highest BCUT2D eigenvalue weighted by Gasteiger charge is 2.02. The van der Waals surface area contributed by atoms with E-state index in [9.17, 15) is 4.79 Å². The Kier molecular flexibility index (Phi) is 4.36. The van der Waals surface area contributed by atoms with Gasteiger partial charge in [-0.1, -0.05) is 24.3 Å². The van der Waals surface area contributed by atoms with Gasteiger partial charge in [0.25, 0.3) is 0 Å². The van der Waals surface area contributed by atoms with Crippen molar-refractivity contribution in [1.82, 2.24) is 4.98 Å². The molecule has 0 fully saturated rings. The summed E-state index contributed by atoms with van der Waals surface area (Å²) in [5.74, 6) is 0.308. The molecule has 4 heteroatoms. The minimum Gasteiger partial charge on any atom is -0.491 e. The van der Waals surface area contributed by atoms with Gasteiger partial charge in [0.2, 0.25) is 5.43 Å². The number of aromatic amines is 1. The van der Waals surface area contributed by atoms with Crippen LogP contribution in [0.2, 0.25) is 0 Å². The van der Waals surface area contributed by atoms with Crippen molar-refractivity contribution in [2.75, 3.05) is 7.11 Å². The van der Waals surface area contributed by atoms with Crippen LogP contribution in [0.3, 0.4) is 0 Å². The fourth-order valence-corrected chi connectivity index (χ4v) is 1.79. The number of nitrogens with one attached hydrogen (secondary N) is 1. The summed E-state index contributed by atoms with van der Waals surface area (Å²) in [5.41, 5.74) is 2.94. The van der Waals surface area contributed by atoms with E-state index in [4.69, 9.17) is 9.47 Å². The first-order valence-corrected chi connectivity index (χ1v) is 6.08. The first-order valence-electron chi connectivity index (χ1n) is 6.08. The van der Waals surface area contributed by atoms with Gasteiger partial charge >= 0.3 is 0 Å². The molecule has 0 aliphatic heterocycles. The zero-order valence-corrected chi connectivity index (χ0v) is 11.1. The predicted octanol–water partition coefficient (Wildman–Crippen LogP) is 2.41. The third-order valence-electron chi connectivity index (χ3n) is 2.93. The van der Waals surface area contributed by atoms with Crippen LogP contribution in [-0.4, -0.2) is 12.1 Å². The molecule has 0 saturated heterocycles. The molecule has 0 spiro atoms. The summed E-state index contributed by atoms with van der Waals surface area (Å²) in [5, 5.41) is 0. The number of methoxy groups -OCH3 is 1. The van der Waals surface area contributed by atoms with Crippen molar-refractivity contribution < 1.29 is 9.47 Å². The molecule has 0 aliphatic carbocycles. The van der Waals surface area contributed by atoms with Crippen molar-refractivity contribution >= 4 is 0 Å². The Morgan fingerprint density at radius 1 is 1.21 bits per heavy atom. The lowest BCUT2D eigenvalue weighted by molar-refractivity contribution is 0.104. The van der Waals surface area contributed by atoms with Crippen molar-refractivity contribution in [2.45, 2.75) is 20.1 Å². The predicted molar refractivity (Wildman–Crippen MR) is 73.3 cm³/mol. The molecule has 2 rings (SSSR count). The molecule has 1 N–H and O–H groups in total. The van der Waals surface area contributed by atoms with E-state index < -0.39 is 0 Å². The van der Waals surface area contributed by atoms with Crippen molar-refractivity contribution in [3.63, 3.8) is 0 Å². The summed E-state index contributed by atoms with van der Waals surface area (Å²) in [6, 6.07) is 9.57. The summed E-state index contributed by atoms with van der Waals surface area (Å²) in [6.07, 6.45) is 1.55. The average molecular weight is 259 g/mol. The highest BCUT2D eigenvalue weighted by molar-refractivity contribution is 5.24. The van der Waals surface area contributed by atoms with Crippen molar-refractivity contribution in [2.24, 2.45) is 0 Å². The molecule has 0 atom stereocenters. The maximum atomic E-state index is 11.6. The van der Waals surface area contributed by atoms with Gasteiger partial charge in [0.1, 0.15) is 0 Å². The molecular weight excluding hydrogens is 242 g/mol. The Morgan fingerprint density at radius 2 is 2.00 bits per heavy atom. The second-order valence-corrected chi connectivity index (χ2v) is 4.31. The first-order chi connectivity index (χ1) is 9.20. The fourth-order valence-electron chi connectivity index (χ4n) is 1.79. The topological polar surface area (TPSA) is 51.3 Å². The van der Waals surface area contributed by atoms with Gasteiger partial charge in [-0.3, -0.25) is 4.79 Å². The molecule has 0 aliphatic rings. The minimum absolute atomic E-state index is 0.143. The average Bonchev–Trinajstić information content (AvgIpc) is 2.41. The van der Waals surface area contributed by atoms with Crippen LogP contribution in [0.25, 0.3) is 0 Å². The standard InChI is InChI=1S/C15H17NO3/c1-11-5-3-4-6-12(11)9-19-10-13-7-14(17)15(18-2)8-16-13/h3-8H,9-10H2,1-2H3,(H,16,17). The van der Waals surface area contributed by atoms with Gasteiger partial charge in [-0.15, -0.1) is 0 Å². The highest BCUT2D eigenvalue weighted by Crippen LogP contribution is 2.09. The first kappa shape index (κ1) is 13.4. The van der Waals surface area contributed by atoms with Gasteiger partial charge < -0.3 is 14.5 Å². The number of aromatic nitrogens is 1. The molecular formula is C15H17NO3. The number of pyridine rings is 1. The van der Waals surface area contributed by atoms with E-state index in [1.807, 2.05) is 31.2 Å². The molecule has 100 valence electrons. The fraction of sp³-hybridized carbons (Fsp3) is 0.267. The Balaban J connectivity index is 1.95. The summed E-state index contributed by atoms with van der Waals surface area (Å²) in [4.78, 5) is 14.5. The van der Waals surface area contributed by atoms with E-state index in [1.165, 1.54) is 18.7 Å². The van der Waals surface area contributed by atoms with Crippen LogP contribution < -0.4 is 10.2 Å². The van der Waals surface area contributed by atoms with E-state index in [1.54, 1.807) is 6.20 Å². The third kappa shape index (κ3) is 3.45. The van der Waals surface area contributed by atoms with E-state index in [-0.39, 0.29) is 5.43 Å². The van der Waals surface area contributed by atoms with E-state index in [0.717, 1.165) is 11.3 Å². The smallest absolute Gasteiger partial charge is 0.223 e. The van der Waals surface area contributed by atoms with Crippen LogP contribution >= 0.6 is 0 Å². The molecule has 1 aromatic carbocycles. The van der Waals surface area contributed by atoms with Gasteiger partial charge in [0.05, 0.1) is 20.3 Å². The lowest BCUT2D eigenvalue weighted by atomic mass is 10.1. The maximum absolute atomic E-state index is 11.6. The van der Waals surface area contributed by atoms with Crippen molar-refractivity contribution in [3.8, 4) is 5.75 Å². The number of aryl methyl sites for hydroxylation is 1. The molecule has 1 heterocycles. The molecule has 0 bridgehead atoms. The van der Waals surface area contributed by atoms with Crippen LogP contribution in [0.5, 0.6) is 5.75 Å². The zero-order chi connectivity index (χ0) is 13.7. The largest absolute Gasteiger partial charge is 0.491 e. The Bertz CT molecular complexity index is 604. The number of ether oxygens (including phenoxy) is 2. The van der Waals surface area contributed by atoms with Gasteiger partial charge in [-0.2, -0.15) is 0 Å². The van der Waals surface area contributed by atoms with E-state index in [2.05, 4.69) is 4.98 Å². The Labute approximate surface area is 112 Å². The van der Waals surface area contributed by atoms with Crippen LogP contribution in [0.4, 0.5) is 0 Å². The number of hydrogen-bond acceptors (Lipinski definition) is 3. The van der Waals surface area contributed by atoms with Crippen LogP contribution in [0.15, 0.2) is 41.3 Å². The van der Waals surface area contributed by atoms with E-state index >= 15 is 0 Å². The summed E-state index contributed by atoms with van der Waals surface area (Å²) in [7, 11) is 1.47. The van der Waals surface area contributed by atoms with Crippen LogP contribution in [0.1, 0.15) is 16.8 Å². The van der Waals surface area contributed by atoms with E-state index in [0.29, 0.717) is 19.0 Å². The summed E-state index contributed by atoms with van der Waals surface area (Å²) < 4.78 is 10.5. The van der Waals surface area contributed by atoms with Gasteiger partial charge in [-0.05, 0) is 18.1 Å². The van der Waals surface area contributed by atoms with Crippen molar-refractivity contribution in [1.29, 1.82) is 0 Å². The summed E-state index contributed by atoms with van der Waals surface area (Å²) in [6.45, 7) is 2.95. The minimum atomic E-state index is -0.143. The maximum Gasteiger partial charge on any atom is 0.223 e. The number of benzene rings is 1. The molecule has 2 aromatic rings. The Morgan fingerprint density at radius 3 is 2.68 bits per heavy atom. The SMILES string of the molecule is COc1c[nH]c(COCc2ccccc2C)cc1=O. The normalized spacial score (nSPS) is 10.4. The van der Waals surface area contributed by atoms with Gasteiger partial charge in [0.15, 0.2) is 5.75 Å². The molecule has 0 saturated carbocycles. The number of H-pyrrole nitrogens is 1. The zero-order valence-electron chi connectivity index (χ0n) is 11.1. The highest BCUT2D eigenvalue weighted by atomic mass is 16.5. The molecule has 0 amide bonds. The molecule has 19 heavy (non-hydrogen) atoms. The summed E-state index contributed by atoms with van der Waals surface area (Å²) >= 11 is 0. The molecule has 1 aromatic heterocycles. The quantitative estimate of drug-likeness (QED) is 0.897. The molecule has 0 unspecified atom stereocenters. The monoisotopic (exact) mass is 259 g/mol. The Hall–Kier alpha value is -2.07. The lowest BCUT2D eigenvalue weighted by Crippen LogP contribution is -2.08. The molecule has 4 nitrogen and oxygen atoms in total. The van der Waals surface area contributed by atoms with Crippen LogP contribution in [-0.2, 0) is 18.0 Å².